The zero-order valence-electron chi connectivity index (χ0n) is 10.6. The van der Waals surface area contributed by atoms with E-state index in [1.165, 1.54) is 12.5 Å². The number of carbonyl (C=O) groups is 2. The second-order valence-corrected chi connectivity index (χ2v) is 4.17. The van der Waals surface area contributed by atoms with Gasteiger partial charge in [0.25, 0.3) is 0 Å². The molecule has 18 heavy (non-hydrogen) atoms. The lowest BCUT2D eigenvalue weighted by atomic mass is 9.78. The molecule has 100 valence electrons. The Morgan fingerprint density at radius 3 is 2.61 bits per heavy atom. The molecule has 5 nitrogen and oxygen atoms in total. The van der Waals surface area contributed by atoms with Crippen LogP contribution in [0.1, 0.15) is 32.3 Å². The molecule has 1 heterocycles. The summed E-state index contributed by atoms with van der Waals surface area (Å²) >= 11 is 0. The quantitative estimate of drug-likeness (QED) is 0.596. The van der Waals surface area contributed by atoms with Crippen LogP contribution in [0.4, 0.5) is 0 Å². The van der Waals surface area contributed by atoms with Gasteiger partial charge in [0.15, 0.2) is 5.41 Å². The zero-order valence-corrected chi connectivity index (χ0v) is 10.6. The SMILES string of the molecule is CCCC(Cc1ccoc1)(C(=O)O)C(=O)OCC. The summed E-state index contributed by atoms with van der Waals surface area (Å²) in [4.78, 5) is 23.5. The number of carboxylic acids is 1. The van der Waals surface area contributed by atoms with Gasteiger partial charge in [-0.3, -0.25) is 9.59 Å². The molecule has 0 radical (unpaired) electrons. The fourth-order valence-electron chi connectivity index (χ4n) is 1.97. The van der Waals surface area contributed by atoms with Gasteiger partial charge in [-0.05, 0) is 25.0 Å². The number of furan rings is 1. The van der Waals surface area contributed by atoms with E-state index in [1.807, 2.05) is 6.92 Å². The number of ether oxygens (including phenoxy) is 1. The van der Waals surface area contributed by atoms with E-state index in [9.17, 15) is 14.7 Å². The normalized spacial score (nSPS) is 13.9. The molecule has 0 bridgehead atoms. The van der Waals surface area contributed by atoms with E-state index in [4.69, 9.17) is 9.15 Å². The standard InChI is InChI=1S/C13H18O5/c1-3-6-13(11(14)15,12(16)18-4-2)8-10-5-7-17-9-10/h5,7,9H,3-4,6,8H2,1-2H3,(H,14,15). The third-order valence-corrected chi connectivity index (χ3v) is 2.84. The molecule has 1 atom stereocenters. The van der Waals surface area contributed by atoms with Crippen LogP contribution in [-0.2, 0) is 20.7 Å². The Kier molecular flexibility index (Phi) is 4.95. The van der Waals surface area contributed by atoms with Crippen molar-refractivity contribution in [3.63, 3.8) is 0 Å². The highest BCUT2D eigenvalue weighted by Gasteiger charge is 2.47. The van der Waals surface area contributed by atoms with Gasteiger partial charge in [-0.25, -0.2) is 0 Å². The lowest BCUT2D eigenvalue weighted by Crippen LogP contribution is -2.42. The van der Waals surface area contributed by atoms with Gasteiger partial charge in [-0.1, -0.05) is 13.3 Å². The van der Waals surface area contributed by atoms with Crippen molar-refractivity contribution < 1.29 is 23.8 Å². The van der Waals surface area contributed by atoms with E-state index in [-0.39, 0.29) is 19.4 Å². The van der Waals surface area contributed by atoms with E-state index < -0.39 is 17.4 Å². The summed E-state index contributed by atoms with van der Waals surface area (Å²) < 4.78 is 9.83. The van der Waals surface area contributed by atoms with Gasteiger partial charge in [0, 0.05) is 6.42 Å². The highest BCUT2D eigenvalue weighted by molar-refractivity contribution is 5.99. The monoisotopic (exact) mass is 254 g/mol. The molecule has 0 aliphatic carbocycles. The number of hydrogen-bond donors (Lipinski definition) is 1. The largest absolute Gasteiger partial charge is 0.480 e. The number of hydrogen-bond acceptors (Lipinski definition) is 4. The van der Waals surface area contributed by atoms with E-state index >= 15 is 0 Å². The topological polar surface area (TPSA) is 76.7 Å². The lowest BCUT2D eigenvalue weighted by molar-refractivity contribution is -0.169. The molecule has 0 spiro atoms. The summed E-state index contributed by atoms with van der Waals surface area (Å²) in [5, 5.41) is 9.42. The maximum absolute atomic E-state index is 12.0. The predicted molar refractivity (Wildman–Crippen MR) is 64.0 cm³/mol. The Bertz CT molecular complexity index is 396. The first kappa shape index (κ1) is 14.3. The fourth-order valence-corrected chi connectivity index (χ4v) is 1.97. The molecule has 1 aromatic rings. The van der Waals surface area contributed by atoms with Crippen LogP contribution in [0.2, 0.25) is 0 Å². The Balaban J connectivity index is 3.04. The first-order valence-corrected chi connectivity index (χ1v) is 5.98. The molecular formula is C13H18O5. The highest BCUT2D eigenvalue weighted by atomic mass is 16.5. The predicted octanol–water partition coefficient (Wildman–Crippen LogP) is 2.26. The van der Waals surface area contributed by atoms with Gasteiger partial charge in [-0.2, -0.15) is 0 Å². The molecular weight excluding hydrogens is 236 g/mol. The van der Waals surface area contributed by atoms with Crippen LogP contribution in [0.3, 0.4) is 0 Å². The third kappa shape index (κ3) is 2.91. The molecule has 0 aliphatic heterocycles. The number of carboxylic acid groups (broad SMARTS) is 1. The van der Waals surface area contributed by atoms with Crippen LogP contribution >= 0.6 is 0 Å². The first-order valence-electron chi connectivity index (χ1n) is 5.98. The van der Waals surface area contributed by atoms with Gasteiger partial charge in [0.05, 0.1) is 19.1 Å². The van der Waals surface area contributed by atoms with Crippen molar-refractivity contribution in [1.82, 2.24) is 0 Å². The van der Waals surface area contributed by atoms with Gasteiger partial charge >= 0.3 is 11.9 Å². The second-order valence-electron chi connectivity index (χ2n) is 4.17. The number of esters is 1. The Morgan fingerprint density at radius 2 is 2.17 bits per heavy atom. The summed E-state index contributed by atoms with van der Waals surface area (Å²) in [6.45, 7) is 3.67. The van der Waals surface area contributed by atoms with Crippen molar-refractivity contribution in [3.05, 3.63) is 24.2 Å². The zero-order chi connectivity index (χ0) is 13.6. The molecule has 0 fully saturated rings. The summed E-state index contributed by atoms with van der Waals surface area (Å²) in [7, 11) is 0. The minimum atomic E-state index is -1.52. The minimum Gasteiger partial charge on any atom is -0.480 e. The van der Waals surface area contributed by atoms with Crippen LogP contribution in [0.5, 0.6) is 0 Å². The molecule has 0 saturated heterocycles. The lowest BCUT2D eigenvalue weighted by Gasteiger charge is -2.26. The van der Waals surface area contributed by atoms with Crippen molar-refractivity contribution in [1.29, 1.82) is 0 Å². The maximum Gasteiger partial charge on any atom is 0.323 e. The second kappa shape index (κ2) is 6.23. The van der Waals surface area contributed by atoms with Crippen LogP contribution in [0.15, 0.2) is 23.0 Å². The van der Waals surface area contributed by atoms with E-state index in [0.29, 0.717) is 12.0 Å². The van der Waals surface area contributed by atoms with Crippen LogP contribution in [0, 0.1) is 5.41 Å². The number of rotatable bonds is 7. The first-order chi connectivity index (χ1) is 8.56. The van der Waals surface area contributed by atoms with Crippen molar-refractivity contribution in [2.75, 3.05) is 6.61 Å². The Morgan fingerprint density at radius 1 is 1.44 bits per heavy atom. The molecule has 5 heteroatoms. The average molecular weight is 254 g/mol. The summed E-state index contributed by atoms with van der Waals surface area (Å²) in [6, 6.07) is 1.66. The molecule has 0 saturated carbocycles. The van der Waals surface area contributed by atoms with E-state index in [0.717, 1.165) is 0 Å². The van der Waals surface area contributed by atoms with Gasteiger partial charge in [0.2, 0.25) is 0 Å². The molecule has 0 aromatic carbocycles. The van der Waals surface area contributed by atoms with Crippen molar-refractivity contribution in [2.24, 2.45) is 5.41 Å². The average Bonchev–Trinajstić information content (AvgIpc) is 2.81. The van der Waals surface area contributed by atoms with Crippen molar-refractivity contribution >= 4 is 11.9 Å². The summed E-state index contributed by atoms with van der Waals surface area (Å²) in [5.41, 5.74) is -0.840. The summed E-state index contributed by atoms with van der Waals surface area (Å²) in [6.07, 6.45) is 3.83. The summed E-state index contributed by atoms with van der Waals surface area (Å²) in [5.74, 6) is -1.83. The molecule has 1 N–H and O–H groups in total. The fraction of sp³-hybridized carbons (Fsp3) is 0.538. The molecule has 1 aromatic heterocycles. The van der Waals surface area contributed by atoms with Crippen LogP contribution in [-0.4, -0.2) is 23.7 Å². The molecule has 0 aliphatic rings. The highest BCUT2D eigenvalue weighted by Crippen LogP contribution is 2.31. The van der Waals surface area contributed by atoms with Crippen molar-refractivity contribution in [2.45, 2.75) is 33.1 Å². The Labute approximate surface area is 106 Å². The smallest absolute Gasteiger partial charge is 0.323 e. The third-order valence-electron chi connectivity index (χ3n) is 2.84. The van der Waals surface area contributed by atoms with Crippen LogP contribution in [0.25, 0.3) is 0 Å². The Hall–Kier alpha value is -1.78. The molecule has 1 rings (SSSR count). The number of aliphatic carboxylic acids is 1. The van der Waals surface area contributed by atoms with Crippen molar-refractivity contribution in [3.8, 4) is 0 Å². The molecule has 1 unspecified atom stereocenters. The van der Waals surface area contributed by atoms with Gasteiger partial charge in [0.1, 0.15) is 0 Å². The van der Waals surface area contributed by atoms with E-state index in [2.05, 4.69) is 0 Å². The minimum absolute atomic E-state index is 0.0888. The maximum atomic E-state index is 12.0. The van der Waals surface area contributed by atoms with Gasteiger partial charge < -0.3 is 14.3 Å². The van der Waals surface area contributed by atoms with E-state index in [1.54, 1.807) is 13.0 Å². The molecule has 0 amide bonds. The number of carbonyl (C=O) groups excluding carboxylic acids is 1. The van der Waals surface area contributed by atoms with Gasteiger partial charge in [-0.15, -0.1) is 0 Å². The van der Waals surface area contributed by atoms with Crippen LogP contribution < -0.4 is 0 Å².